The first-order valence-electron chi connectivity index (χ1n) is 7.89. The van der Waals surface area contributed by atoms with Crippen molar-refractivity contribution in [3.63, 3.8) is 0 Å². The summed E-state index contributed by atoms with van der Waals surface area (Å²) in [4.78, 5) is 14.0. The second-order valence-corrected chi connectivity index (χ2v) is 6.15. The fourth-order valence-electron chi connectivity index (χ4n) is 2.87. The monoisotopic (exact) mass is 354 g/mol. The lowest BCUT2D eigenvalue weighted by Gasteiger charge is -2.30. The highest BCUT2D eigenvalue weighted by Gasteiger charge is 2.35. The number of alkyl halides is 3. The number of carbonyl (C=O) groups is 1. The normalized spacial score (nSPS) is 16.2. The number of piperidine rings is 1. The largest absolute Gasteiger partial charge is 0.476 e. The zero-order chi connectivity index (χ0) is 18.2. The van der Waals surface area contributed by atoms with Crippen LogP contribution in [-0.2, 0) is 6.18 Å². The Morgan fingerprint density at radius 1 is 1.20 bits per heavy atom. The van der Waals surface area contributed by atoms with E-state index in [1.54, 1.807) is 4.90 Å². The van der Waals surface area contributed by atoms with Crippen molar-refractivity contribution in [2.75, 3.05) is 18.0 Å². The number of nitrogens with zero attached hydrogens (tertiary/aromatic N) is 4. The number of benzene rings is 1. The fourth-order valence-corrected chi connectivity index (χ4v) is 2.87. The number of aromatic carboxylic acids is 1. The second kappa shape index (κ2) is 6.38. The van der Waals surface area contributed by atoms with Gasteiger partial charge in [0.05, 0.1) is 11.3 Å². The first-order valence-corrected chi connectivity index (χ1v) is 7.89. The van der Waals surface area contributed by atoms with Gasteiger partial charge in [0.25, 0.3) is 0 Å². The van der Waals surface area contributed by atoms with Crippen molar-refractivity contribution >= 4 is 11.8 Å². The third-order valence-electron chi connectivity index (χ3n) is 4.31. The lowest BCUT2D eigenvalue weighted by Crippen LogP contribution is -2.34. The summed E-state index contributed by atoms with van der Waals surface area (Å²) in [5.41, 5.74) is -1.55. The van der Waals surface area contributed by atoms with Gasteiger partial charge in [-0.1, -0.05) is 19.1 Å². The van der Waals surface area contributed by atoms with Gasteiger partial charge in [0.15, 0.2) is 5.82 Å². The van der Waals surface area contributed by atoms with E-state index in [0.29, 0.717) is 19.0 Å². The van der Waals surface area contributed by atoms with Crippen LogP contribution in [0.1, 0.15) is 35.8 Å². The predicted octanol–water partition coefficient (Wildman–Crippen LogP) is 3.22. The highest BCUT2D eigenvalue weighted by atomic mass is 19.4. The molecule has 1 N–H and O–H groups in total. The van der Waals surface area contributed by atoms with Crippen LogP contribution in [0.2, 0.25) is 0 Å². The molecule has 134 valence electrons. The van der Waals surface area contributed by atoms with Gasteiger partial charge in [0.1, 0.15) is 0 Å². The number of aromatic nitrogens is 3. The second-order valence-electron chi connectivity index (χ2n) is 6.15. The van der Waals surface area contributed by atoms with Crippen molar-refractivity contribution in [3.8, 4) is 5.69 Å². The van der Waals surface area contributed by atoms with Crippen LogP contribution >= 0.6 is 0 Å². The van der Waals surface area contributed by atoms with Gasteiger partial charge in [0, 0.05) is 13.1 Å². The minimum absolute atomic E-state index is 0.108. The van der Waals surface area contributed by atoms with Gasteiger partial charge < -0.3 is 10.0 Å². The molecule has 1 aliphatic heterocycles. The number of para-hydroxylation sites is 1. The van der Waals surface area contributed by atoms with E-state index in [4.69, 9.17) is 0 Å². The van der Waals surface area contributed by atoms with Crippen molar-refractivity contribution in [1.29, 1.82) is 0 Å². The predicted molar refractivity (Wildman–Crippen MR) is 83.9 cm³/mol. The van der Waals surface area contributed by atoms with Gasteiger partial charge >= 0.3 is 12.1 Å². The van der Waals surface area contributed by atoms with Crippen molar-refractivity contribution in [2.24, 2.45) is 5.92 Å². The molecule has 0 saturated carbocycles. The topological polar surface area (TPSA) is 71.2 Å². The average Bonchev–Trinajstić information content (AvgIpc) is 3.00. The van der Waals surface area contributed by atoms with Crippen LogP contribution in [0.4, 0.5) is 19.0 Å². The van der Waals surface area contributed by atoms with Crippen LogP contribution in [0.25, 0.3) is 5.69 Å². The Morgan fingerprint density at radius 2 is 1.84 bits per heavy atom. The number of anilines is 1. The quantitative estimate of drug-likeness (QED) is 0.916. The van der Waals surface area contributed by atoms with Gasteiger partial charge in [-0.25, -0.2) is 4.79 Å². The number of carboxylic acids is 1. The van der Waals surface area contributed by atoms with Gasteiger partial charge in [-0.05, 0) is 30.9 Å². The molecule has 0 radical (unpaired) electrons. The third kappa shape index (κ3) is 3.45. The van der Waals surface area contributed by atoms with Crippen LogP contribution in [0.15, 0.2) is 24.3 Å². The summed E-state index contributed by atoms with van der Waals surface area (Å²) in [6, 6.07) is 4.83. The summed E-state index contributed by atoms with van der Waals surface area (Å²) in [6.45, 7) is 3.30. The number of halogens is 3. The summed E-state index contributed by atoms with van der Waals surface area (Å²) < 4.78 is 39.6. The summed E-state index contributed by atoms with van der Waals surface area (Å²) in [5.74, 6) is -0.689. The number of rotatable bonds is 3. The lowest BCUT2D eigenvalue weighted by molar-refractivity contribution is -0.137. The Balaban J connectivity index is 2.05. The molecule has 3 rings (SSSR count). The highest BCUT2D eigenvalue weighted by molar-refractivity contribution is 5.91. The van der Waals surface area contributed by atoms with Crippen molar-refractivity contribution in [3.05, 3.63) is 35.5 Å². The summed E-state index contributed by atoms with van der Waals surface area (Å²) in [7, 11) is 0. The molecule has 1 fully saturated rings. The molecule has 0 aliphatic carbocycles. The Bertz CT molecular complexity index is 780. The molecule has 1 aromatic carbocycles. The number of carboxylic acid groups (broad SMARTS) is 1. The first-order chi connectivity index (χ1) is 11.8. The fraction of sp³-hybridized carbons (Fsp3) is 0.438. The maximum absolute atomic E-state index is 13.2. The third-order valence-corrected chi connectivity index (χ3v) is 4.31. The zero-order valence-electron chi connectivity index (χ0n) is 13.5. The van der Waals surface area contributed by atoms with Crippen molar-refractivity contribution < 1.29 is 23.1 Å². The molecule has 0 unspecified atom stereocenters. The van der Waals surface area contributed by atoms with E-state index in [1.165, 1.54) is 18.2 Å². The van der Waals surface area contributed by atoms with Crippen LogP contribution < -0.4 is 4.90 Å². The van der Waals surface area contributed by atoms with Crippen LogP contribution in [0, 0.1) is 5.92 Å². The molecule has 0 amide bonds. The smallest absolute Gasteiger partial charge is 0.418 e. The minimum atomic E-state index is -4.59. The molecule has 1 aliphatic rings. The van der Waals surface area contributed by atoms with E-state index in [0.717, 1.165) is 23.7 Å². The van der Waals surface area contributed by atoms with Gasteiger partial charge in [-0.2, -0.15) is 13.2 Å². The van der Waals surface area contributed by atoms with E-state index in [1.807, 2.05) is 0 Å². The molecule has 0 bridgehead atoms. The SMILES string of the molecule is CC1CCN(c2nn(-c3ccccc3C(F)(F)F)nc2C(=O)O)CC1. The first kappa shape index (κ1) is 17.2. The average molecular weight is 354 g/mol. The van der Waals surface area contributed by atoms with E-state index in [9.17, 15) is 23.1 Å². The zero-order valence-corrected chi connectivity index (χ0v) is 13.5. The molecule has 0 spiro atoms. The molecule has 0 atom stereocenters. The molecule has 25 heavy (non-hydrogen) atoms. The summed E-state index contributed by atoms with van der Waals surface area (Å²) >= 11 is 0. The minimum Gasteiger partial charge on any atom is -0.476 e. The Labute approximate surface area is 141 Å². The van der Waals surface area contributed by atoms with Gasteiger partial charge in [-0.15, -0.1) is 15.0 Å². The van der Waals surface area contributed by atoms with E-state index in [2.05, 4.69) is 17.1 Å². The molecule has 1 aromatic heterocycles. The standard InChI is InChI=1S/C16H17F3N4O2/c1-10-6-8-22(9-7-10)14-13(15(24)25)20-23(21-14)12-5-3-2-4-11(12)16(17,18)19/h2-5,10H,6-9H2,1H3,(H,24,25). The Morgan fingerprint density at radius 3 is 2.44 bits per heavy atom. The van der Waals surface area contributed by atoms with E-state index in [-0.39, 0.29) is 17.2 Å². The molecule has 1 saturated heterocycles. The number of hydrogen-bond acceptors (Lipinski definition) is 4. The lowest BCUT2D eigenvalue weighted by atomic mass is 9.99. The molecule has 2 aromatic rings. The summed E-state index contributed by atoms with van der Waals surface area (Å²) in [6.07, 6.45) is -2.86. The van der Waals surface area contributed by atoms with Gasteiger partial charge in [-0.3, -0.25) is 0 Å². The molecule has 2 heterocycles. The van der Waals surface area contributed by atoms with Crippen molar-refractivity contribution in [2.45, 2.75) is 25.9 Å². The van der Waals surface area contributed by atoms with Crippen LogP contribution in [0.3, 0.4) is 0 Å². The number of hydrogen-bond donors (Lipinski definition) is 1. The van der Waals surface area contributed by atoms with E-state index < -0.39 is 17.7 Å². The summed E-state index contributed by atoms with van der Waals surface area (Å²) in [5, 5.41) is 17.3. The molecule has 6 nitrogen and oxygen atoms in total. The maximum atomic E-state index is 13.2. The van der Waals surface area contributed by atoms with Crippen LogP contribution in [0.5, 0.6) is 0 Å². The van der Waals surface area contributed by atoms with Gasteiger partial charge in [0.2, 0.25) is 5.69 Å². The highest BCUT2D eigenvalue weighted by Crippen LogP contribution is 2.34. The van der Waals surface area contributed by atoms with Crippen LogP contribution in [-0.4, -0.2) is 39.2 Å². The molecular formula is C16H17F3N4O2. The molecular weight excluding hydrogens is 337 g/mol. The Kier molecular flexibility index (Phi) is 4.40. The maximum Gasteiger partial charge on any atom is 0.418 e. The van der Waals surface area contributed by atoms with E-state index >= 15 is 0 Å². The molecule has 9 heteroatoms. The van der Waals surface area contributed by atoms with Crippen molar-refractivity contribution in [1.82, 2.24) is 15.0 Å². The Hall–Kier alpha value is -2.58.